The Morgan fingerprint density at radius 2 is 2.09 bits per heavy atom. The van der Waals surface area contributed by atoms with Gasteiger partial charge in [-0.2, -0.15) is 0 Å². The van der Waals surface area contributed by atoms with Crippen molar-refractivity contribution < 1.29 is 28.6 Å². The number of likely N-dealkylation sites (N-methyl/N-ethyl adjacent to an activating group) is 1. The molecule has 1 saturated heterocycles. The van der Waals surface area contributed by atoms with Gasteiger partial charge in [-0.25, -0.2) is 4.39 Å². The maximum atomic E-state index is 13.8. The molecule has 7 nitrogen and oxygen atoms in total. The molecule has 2 atom stereocenters. The van der Waals surface area contributed by atoms with Gasteiger partial charge in [0, 0.05) is 32.1 Å². The number of likely N-dealkylation sites (tertiary alicyclic amines) is 1. The van der Waals surface area contributed by atoms with Gasteiger partial charge in [0.2, 0.25) is 5.91 Å². The fourth-order valence-corrected chi connectivity index (χ4v) is 4.30. The summed E-state index contributed by atoms with van der Waals surface area (Å²) in [4.78, 5) is 17.1. The van der Waals surface area contributed by atoms with E-state index in [0.717, 1.165) is 22.1 Å². The second kappa shape index (κ2) is 10.3. The van der Waals surface area contributed by atoms with Crippen LogP contribution in [0.4, 0.5) is 4.39 Å². The van der Waals surface area contributed by atoms with E-state index in [-0.39, 0.29) is 25.0 Å². The highest BCUT2D eigenvalue weighted by Crippen LogP contribution is 2.28. The van der Waals surface area contributed by atoms with E-state index < -0.39 is 12.5 Å². The van der Waals surface area contributed by atoms with Gasteiger partial charge in [0.05, 0.1) is 18.7 Å². The standard InChI is InChI=1S/C25H29FN2O5/c1-27(24(29)13-17-4-3-7-23-21(17)9-11-32-23)22(15-28-10-8-19(26)14-28)18-5-2-6-20(12-18)33-16-25(30)31/h2-7,9,11-12,19,22,25,30-31H,8,10,13-16H2,1H3/t19?,22-/m1/s1. The Morgan fingerprint density at radius 3 is 2.85 bits per heavy atom. The van der Waals surface area contributed by atoms with Gasteiger partial charge in [0.25, 0.3) is 0 Å². The van der Waals surface area contributed by atoms with Crippen molar-refractivity contribution >= 4 is 16.9 Å². The highest BCUT2D eigenvalue weighted by atomic mass is 19.1. The summed E-state index contributed by atoms with van der Waals surface area (Å²) >= 11 is 0. The molecule has 0 spiro atoms. The largest absolute Gasteiger partial charge is 0.488 e. The van der Waals surface area contributed by atoms with Crippen LogP contribution in [0.2, 0.25) is 0 Å². The Morgan fingerprint density at radius 1 is 1.27 bits per heavy atom. The van der Waals surface area contributed by atoms with Crippen molar-refractivity contribution in [1.29, 1.82) is 0 Å². The zero-order chi connectivity index (χ0) is 23.4. The molecule has 0 aliphatic carbocycles. The molecule has 8 heteroatoms. The second-order valence-corrected chi connectivity index (χ2v) is 8.46. The number of aliphatic hydroxyl groups excluding tert-OH is 1. The highest BCUT2D eigenvalue weighted by molar-refractivity contribution is 5.87. The summed E-state index contributed by atoms with van der Waals surface area (Å²) in [5.74, 6) is 0.404. The summed E-state index contributed by atoms with van der Waals surface area (Å²) in [7, 11) is 1.76. The zero-order valence-corrected chi connectivity index (χ0v) is 18.6. The van der Waals surface area contributed by atoms with E-state index in [0.29, 0.717) is 31.8 Å². The minimum absolute atomic E-state index is 0.0678. The van der Waals surface area contributed by atoms with Gasteiger partial charge in [0.15, 0.2) is 6.29 Å². The van der Waals surface area contributed by atoms with E-state index in [1.807, 2.05) is 35.2 Å². The number of amides is 1. The van der Waals surface area contributed by atoms with Crippen molar-refractivity contribution in [3.63, 3.8) is 0 Å². The number of nitrogens with zero attached hydrogens (tertiary/aromatic N) is 2. The minimum atomic E-state index is -1.58. The molecule has 0 radical (unpaired) electrons. The van der Waals surface area contributed by atoms with Crippen LogP contribution in [-0.2, 0) is 11.2 Å². The second-order valence-electron chi connectivity index (χ2n) is 8.46. The zero-order valence-electron chi connectivity index (χ0n) is 18.6. The smallest absolute Gasteiger partial charge is 0.227 e. The van der Waals surface area contributed by atoms with E-state index in [2.05, 4.69) is 0 Å². The van der Waals surface area contributed by atoms with Crippen LogP contribution in [0.3, 0.4) is 0 Å². The van der Waals surface area contributed by atoms with E-state index in [9.17, 15) is 9.18 Å². The quantitative estimate of drug-likeness (QED) is 0.482. The number of rotatable bonds is 9. The summed E-state index contributed by atoms with van der Waals surface area (Å²) in [6, 6.07) is 14.4. The molecule has 176 valence electrons. The van der Waals surface area contributed by atoms with Crippen LogP contribution in [0.15, 0.2) is 59.2 Å². The number of benzene rings is 2. The van der Waals surface area contributed by atoms with Crippen LogP contribution in [0.25, 0.3) is 11.0 Å². The Labute approximate surface area is 192 Å². The lowest BCUT2D eigenvalue weighted by Gasteiger charge is -2.32. The first kappa shape index (κ1) is 23.2. The number of fused-ring (bicyclic) bond motifs is 1. The molecule has 0 bridgehead atoms. The molecule has 3 aromatic rings. The first-order chi connectivity index (χ1) is 15.9. The average molecular weight is 457 g/mol. The maximum Gasteiger partial charge on any atom is 0.227 e. The molecule has 33 heavy (non-hydrogen) atoms. The summed E-state index contributed by atoms with van der Waals surface area (Å²) in [6.07, 6.45) is -0.121. The van der Waals surface area contributed by atoms with Crippen LogP contribution in [-0.4, -0.2) is 71.7 Å². The number of hydrogen-bond acceptors (Lipinski definition) is 6. The molecule has 1 aliphatic rings. The predicted molar refractivity (Wildman–Crippen MR) is 122 cm³/mol. The lowest BCUT2D eigenvalue weighted by atomic mass is 10.0. The molecular weight excluding hydrogens is 427 g/mol. The third-order valence-corrected chi connectivity index (χ3v) is 6.08. The Kier molecular flexibility index (Phi) is 7.27. The molecule has 1 unspecified atom stereocenters. The number of alkyl halides is 1. The Bertz CT molecular complexity index is 1090. The molecule has 2 N–H and O–H groups in total. The molecule has 1 aliphatic heterocycles. The van der Waals surface area contributed by atoms with Crippen molar-refractivity contribution in [2.24, 2.45) is 0 Å². The first-order valence-electron chi connectivity index (χ1n) is 11.1. The SMILES string of the molecule is CN(C(=O)Cc1cccc2occc12)[C@H](CN1CCC(F)C1)c1cccc(OCC(O)O)c1. The Balaban J connectivity index is 1.56. The number of hydrogen-bond donors (Lipinski definition) is 2. The monoisotopic (exact) mass is 456 g/mol. The van der Waals surface area contributed by atoms with Gasteiger partial charge >= 0.3 is 0 Å². The number of aliphatic hydroxyl groups is 2. The fourth-order valence-electron chi connectivity index (χ4n) is 4.30. The van der Waals surface area contributed by atoms with Crippen molar-refractivity contribution in [3.8, 4) is 5.75 Å². The lowest BCUT2D eigenvalue weighted by Crippen LogP contribution is -2.39. The van der Waals surface area contributed by atoms with E-state index in [4.69, 9.17) is 19.4 Å². The summed E-state index contributed by atoms with van der Waals surface area (Å²) in [5.41, 5.74) is 2.46. The summed E-state index contributed by atoms with van der Waals surface area (Å²) < 4.78 is 24.7. The van der Waals surface area contributed by atoms with Crippen LogP contribution in [0.5, 0.6) is 5.75 Å². The summed E-state index contributed by atoms with van der Waals surface area (Å²) in [5, 5.41) is 19.1. The van der Waals surface area contributed by atoms with Crippen LogP contribution < -0.4 is 4.74 Å². The van der Waals surface area contributed by atoms with Gasteiger partial charge in [-0.1, -0.05) is 24.3 Å². The van der Waals surface area contributed by atoms with Crippen LogP contribution >= 0.6 is 0 Å². The maximum absolute atomic E-state index is 13.8. The van der Waals surface area contributed by atoms with Gasteiger partial charge in [-0.05, 0) is 41.8 Å². The van der Waals surface area contributed by atoms with Crippen molar-refractivity contribution in [1.82, 2.24) is 9.80 Å². The van der Waals surface area contributed by atoms with E-state index in [1.54, 1.807) is 36.4 Å². The van der Waals surface area contributed by atoms with Gasteiger partial charge < -0.3 is 24.3 Å². The van der Waals surface area contributed by atoms with Crippen LogP contribution in [0, 0.1) is 0 Å². The third-order valence-electron chi connectivity index (χ3n) is 6.08. The average Bonchev–Trinajstić information content (AvgIpc) is 3.45. The van der Waals surface area contributed by atoms with Crippen molar-refractivity contribution in [2.75, 3.05) is 33.3 Å². The lowest BCUT2D eigenvalue weighted by molar-refractivity contribution is -0.131. The molecule has 0 saturated carbocycles. The first-order valence-corrected chi connectivity index (χ1v) is 11.1. The minimum Gasteiger partial charge on any atom is -0.488 e. The molecule has 2 aromatic carbocycles. The van der Waals surface area contributed by atoms with Crippen molar-refractivity contribution in [2.45, 2.75) is 31.3 Å². The number of carbonyl (C=O) groups is 1. The van der Waals surface area contributed by atoms with Crippen molar-refractivity contribution in [3.05, 3.63) is 65.9 Å². The number of carbonyl (C=O) groups excluding carboxylic acids is 1. The Hall–Kier alpha value is -2.94. The number of halogens is 1. The fraction of sp³-hybridized carbons (Fsp3) is 0.400. The highest BCUT2D eigenvalue weighted by Gasteiger charge is 2.29. The third kappa shape index (κ3) is 5.71. The van der Waals surface area contributed by atoms with Crippen LogP contribution in [0.1, 0.15) is 23.6 Å². The summed E-state index contributed by atoms with van der Waals surface area (Å²) in [6.45, 7) is 1.22. The molecule has 2 heterocycles. The van der Waals surface area contributed by atoms with E-state index in [1.165, 1.54) is 0 Å². The molecule has 1 fully saturated rings. The van der Waals surface area contributed by atoms with Gasteiger partial charge in [-0.15, -0.1) is 0 Å². The molecular formula is C25H29FN2O5. The van der Waals surface area contributed by atoms with E-state index >= 15 is 0 Å². The van der Waals surface area contributed by atoms with Gasteiger partial charge in [0.1, 0.15) is 24.1 Å². The number of furan rings is 1. The van der Waals surface area contributed by atoms with Gasteiger partial charge in [-0.3, -0.25) is 9.69 Å². The number of ether oxygens (including phenoxy) is 1. The molecule has 1 aromatic heterocycles. The molecule has 1 amide bonds. The topological polar surface area (TPSA) is 86.4 Å². The predicted octanol–water partition coefficient (Wildman–Crippen LogP) is 2.91. The normalized spacial score (nSPS) is 17.5. The molecule has 4 rings (SSSR count).